The number of nitrogens with one attached hydrogen (secondary N) is 1. The van der Waals surface area contributed by atoms with Gasteiger partial charge in [-0.15, -0.1) is 0 Å². The molecule has 0 unspecified atom stereocenters. The Labute approximate surface area is 121 Å². The number of hydrogen-bond acceptors (Lipinski definition) is 3. The van der Waals surface area contributed by atoms with Gasteiger partial charge < -0.3 is 15.3 Å². The zero-order chi connectivity index (χ0) is 13.9. The summed E-state index contributed by atoms with van der Waals surface area (Å²) in [7, 11) is 0. The van der Waals surface area contributed by atoms with Gasteiger partial charge in [-0.1, -0.05) is 0 Å². The second kappa shape index (κ2) is 5.92. The van der Waals surface area contributed by atoms with Gasteiger partial charge in [-0.05, 0) is 40.0 Å². The average molecular weight is 285 g/mol. The van der Waals surface area contributed by atoms with Gasteiger partial charge in [0, 0.05) is 30.1 Å². The predicted molar refractivity (Wildman–Crippen MR) is 82.9 cm³/mol. The maximum atomic E-state index is 10.2. The van der Waals surface area contributed by atoms with E-state index in [9.17, 15) is 5.11 Å². The van der Waals surface area contributed by atoms with Gasteiger partial charge in [0.25, 0.3) is 0 Å². The van der Waals surface area contributed by atoms with Crippen LogP contribution in [0.3, 0.4) is 0 Å². The number of rotatable bonds is 3. The van der Waals surface area contributed by atoms with Gasteiger partial charge >= 0.3 is 0 Å². The molecular formula is C14H27N3OS. The topological polar surface area (TPSA) is 47.9 Å². The van der Waals surface area contributed by atoms with Crippen LogP contribution in [0.4, 0.5) is 0 Å². The Balaban J connectivity index is 1.99. The minimum Gasteiger partial charge on any atom is -0.388 e. The van der Waals surface area contributed by atoms with Gasteiger partial charge in [0.1, 0.15) is 0 Å². The molecule has 4 nitrogen and oxygen atoms in total. The third-order valence-corrected chi connectivity index (χ3v) is 5.16. The van der Waals surface area contributed by atoms with Gasteiger partial charge in [-0.3, -0.25) is 4.99 Å². The Morgan fingerprint density at radius 1 is 1.42 bits per heavy atom. The molecule has 1 saturated heterocycles. The van der Waals surface area contributed by atoms with Gasteiger partial charge in [0.05, 0.1) is 12.1 Å². The van der Waals surface area contributed by atoms with Crippen molar-refractivity contribution in [2.45, 2.75) is 50.4 Å². The first-order valence-corrected chi connectivity index (χ1v) is 8.32. The standard InChI is InChI=1S/C14H27N3OS/c1-4-15-12(16-10-14(18)6-5-7-14)17-8-9-19-13(2,3)11-17/h18H,4-11H2,1-3H3,(H,15,16). The quantitative estimate of drug-likeness (QED) is 0.612. The monoisotopic (exact) mass is 285 g/mol. The fraction of sp³-hybridized carbons (Fsp3) is 0.929. The minimum atomic E-state index is -0.527. The van der Waals surface area contributed by atoms with Crippen LogP contribution < -0.4 is 5.32 Å². The van der Waals surface area contributed by atoms with Crippen LogP contribution in [0.25, 0.3) is 0 Å². The van der Waals surface area contributed by atoms with E-state index in [1.807, 2.05) is 11.8 Å². The van der Waals surface area contributed by atoms with E-state index < -0.39 is 5.60 Å². The zero-order valence-electron chi connectivity index (χ0n) is 12.4. The van der Waals surface area contributed by atoms with Crippen LogP contribution in [0.15, 0.2) is 4.99 Å². The highest BCUT2D eigenvalue weighted by Crippen LogP contribution is 2.32. The first-order valence-electron chi connectivity index (χ1n) is 7.34. The van der Waals surface area contributed by atoms with E-state index in [0.717, 1.165) is 50.6 Å². The summed E-state index contributed by atoms with van der Waals surface area (Å²) in [6, 6.07) is 0. The van der Waals surface area contributed by atoms with Crippen LogP contribution in [-0.4, -0.2) is 58.2 Å². The van der Waals surface area contributed by atoms with Crippen molar-refractivity contribution in [3.63, 3.8) is 0 Å². The lowest BCUT2D eigenvalue weighted by Crippen LogP contribution is -2.51. The van der Waals surface area contributed by atoms with Crippen molar-refractivity contribution in [2.75, 3.05) is 31.9 Å². The highest BCUT2D eigenvalue weighted by Gasteiger charge is 2.35. The first kappa shape index (κ1) is 15.0. The smallest absolute Gasteiger partial charge is 0.194 e. The van der Waals surface area contributed by atoms with E-state index >= 15 is 0 Å². The van der Waals surface area contributed by atoms with Crippen LogP contribution in [0.1, 0.15) is 40.0 Å². The van der Waals surface area contributed by atoms with Gasteiger partial charge in [-0.25, -0.2) is 0 Å². The van der Waals surface area contributed by atoms with Crippen molar-refractivity contribution in [3.05, 3.63) is 0 Å². The van der Waals surface area contributed by atoms with Gasteiger partial charge in [0.15, 0.2) is 5.96 Å². The Morgan fingerprint density at radius 3 is 2.68 bits per heavy atom. The lowest BCUT2D eigenvalue weighted by atomic mass is 9.80. The molecule has 2 fully saturated rings. The number of hydrogen-bond donors (Lipinski definition) is 2. The third-order valence-electron chi connectivity index (χ3n) is 3.87. The largest absolute Gasteiger partial charge is 0.388 e. The number of aliphatic imine (C=N–C) groups is 1. The Kier molecular flexibility index (Phi) is 4.66. The van der Waals surface area contributed by atoms with Crippen molar-refractivity contribution in [3.8, 4) is 0 Å². The molecule has 0 aromatic carbocycles. The van der Waals surface area contributed by atoms with E-state index in [1.54, 1.807) is 0 Å². The summed E-state index contributed by atoms with van der Waals surface area (Å²) in [5.74, 6) is 2.11. The predicted octanol–water partition coefficient (Wildman–Crippen LogP) is 1.69. The Bertz CT molecular complexity index is 340. The second-order valence-corrected chi connectivity index (χ2v) is 8.08. The molecule has 1 aliphatic heterocycles. The van der Waals surface area contributed by atoms with E-state index in [-0.39, 0.29) is 4.75 Å². The molecule has 0 aromatic heterocycles. The van der Waals surface area contributed by atoms with Crippen molar-refractivity contribution < 1.29 is 5.11 Å². The second-order valence-electron chi connectivity index (χ2n) is 6.28. The fourth-order valence-corrected chi connectivity index (χ4v) is 3.70. The molecule has 0 radical (unpaired) electrons. The van der Waals surface area contributed by atoms with Crippen LogP contribution in [0.2, 0.25) is 0 Å². The molecule has 19 heavy (non-hydrogen) atoms. The number of thioether (sulfide) groups is 1. The minimum absolute atomic E-state index is 0.280. The Hall–Kier alpha value is -0.420. The molecule has 1 heterocycles. The third kappa shape index (κ3) is 4.02. The molecule has 0 bridgehead atoms. The van der Waals surface area contributed by atoms with Crippen LogP contribution in [-0.2, 0) is 0 Å². The molecule has 1 aliphatic carbocycles. The SMILES string of the molecule is CCNC(=NCC1(O)CCC1)N1CCSC(C)(C)C1. The van der Waals surface area contributed by atoms with Crippen molar-refractivity contribution in [1.82, 2.24) is 10.2 Å². The summed E-state index contributed by atoms with van der Waals surface area (Å²) in [4.78, 5) is 7.00. The molecular weight excluding hydrogens is 258 g/mol. The summed E-state index contributed by atoms with van der Waals surface area (Å²) in [5, 5.41) is 13.5. The molecule has 1 saturated carbocycles. The van der Waals surface area contributed by atoms with Crippen molar-refractivity contribution in [1.29, 1.82) is 0 Å². The van der Waals surface area contributed by atoms with E-state index in [1.165, 1.54) is 0 Å². The van der Waals surface area contributed by atoms with E-state index in [2.05, 4.69) is 36.0 Å². The van der Waals surface area contributed by atoms with Crippen molar-refractivity contribution >= 4 is 17.7 Å². The molecule has 0 atom stereocenters. The van der Waals surface area contributed by atoms with Crippen LogP contribution in [0.5, 0.6) is 0 Å². The molecule has 110 valence electrons. The lowest BCUT2D eigenvalue weighted by molar-refractivity contribution is -0.0237. The number of nitrogens with zero attached hydrogens (tertiary/aromatic N) is 2. The van der Waals surface area contributed by atoms with Crippen LogP contribution >= 0.6 is 11.8 Å². The van der Waals surface area contributed by atoms with Gasteiger partial charge in [-0.2, -0.15) is 11.8 Å². The maximum absolute atomic E-state index is 10.2. The average Bonchev–Trinajstić information content (AvgIpc) is 2.31. The van der Waals surface area contributed by atoms with Crippen molar-refractivity contribution in [2.24, 2.45) is 4.99 Å². The number of guanidine groups is 1. The maximum Gasteiger partial charge on any atom is 0.194 e. The summed E-state index contributed by atoms with van der Waals surface area (Å²) in [6.07, 6.45) is 2.93. The first-order chi connectivity index (χ1) is 8.94. The van der Waals surface area contributed by atoms with Gasteiger partial charge in [0.2, 0.25) is 0 Å². The molecule has 2 N–H and O–H groups in total. The summed E-state index contributed by atoms with van der Waals surface area (Å²) in [5.41, 5.74) is -0.527. The molecule has 0 amide bonds. The van der Waals surface area contributed by atoms with E-state index in [4.69, 9.17) is 0 Å². The lowest BCUT2D eigenvalue weighted by Gasteiger charge is -2.40. The molecule has 0 aromatic rings. The number of aliphatic hydroxyl groups is 1. The highest BCUT2D eigenvalue weighted by molar-refractivity contribution is 8.00. The van der Waals surface area contributed by atoms with Crippen LogP contribution in [0, 0.1) is 0 Å². The fourth-order valence-electron chi connectivity index (χ4n) is 2.59. The van der Waals surface area contributed by atoms with E-state index in [0.29, 0.717) is 6.54 Å². The molecule has 0 spiro atoms. The molecule has 2 rings (SSSR count). The normalized spacial score (nSPS) is 25.9. The molecule has 5 heteroatoms. The summed E-state index contributed by atoms with van der Waals surface area (Å²) >= 11 is 2.03. The molecule has 2 aliphatic rings. The zero-order valence-corrected chi connectivity index (χ0v) is 13.2. The summed E-state index contributed by atoms with van der Waals surface area (Å²) in [6.45, 7) is 10.1. The Morgan fingerprint density at radius 2 is 2.16 bits per heavy atom. The summed E-state index contributed by atoms with van der Waals surface area (Å²) < 4.78 is 0.280. The highest BCUT2D eigenvalue weighted by atomic mass is 32.2.